The molecule has 0 bridgehead atoms. The van der Waals surface area contributed by atoms with Crippen molar-refractivity contribution in [2.75, 3.05) is 17.5 Å². The molecule has 1 atom stereocenters. The number of amides is 2. The van der Waals surface area contributed by atoms with Crippen LogP contribution >= 0.6 is 23.2 Å². The van der Waals surface area contributed by atoms with Gasteiger partial charge in [0.1, 0.15) is 18.3 Å². The topological polar surface area (TPSA) is 96.0 Å². The lowest BCUT2D eigenvalue weighted by Gasteiger charge is -2.34. The molecule has 4 aromatic rings. The number of anilines is 1. The van der Waals surface area contributed by atoms with Crippen molar-refractivity contribution in [3.63, 3.8) is 0 Å². The number of ether oxygens (including phenoxy) is 1. The standard InChI is InChI=1S/C35H37Cl2N3O5S/c1-4-45-30-17-19-31(20-18-30)46(43,44)40(29-13-9-6-10-14-29)24-34(41)39(23-27-15-16-28(36)22-32(27)37)33(35(42)38-25(2)3)21-26-11-7-5-8-12-26/h5-20,22,25,33H,4,21,23-24H2,1-3H3,(H,38,42)/t33-/m1/s1. The molecule has 0 fully saturated rings. The Hall–Kier alpha value is -4.05. The Morgan fingerprint density at radius 1 is 0.870 bits per heavy atom. The van der Waals surface area contributed by atoms with Gasteiger partial charge in [-0.25, -0.2) is 8.42 Å². The van der Waals surface area contributed by atoms with Crippen molar-refractivity contribution in [1.82, 2.24) is 10.2 Å². The highest BCUT2D eigenvalue weighted by atomic mass is 35.5. The third-order valence-electron chi connectivity index (χ3n) is 7.10. The molecule has 0 spiro atoms. The van der Waals surface area contributed by atoms with Crippen molar-refractivity contribution >= 4 is 50.7 Å². The largest absolute Gasteiger partial charge is 0.494 e. The van der Waals surface area contributed by atoms with E-state index in [0.717, 1.165) is 9.87 Å². The van der Waals surface area contributed by atoms with E-state index in [0.29, 0.717) is 33.7 Å². The number of hydrogen-bond acceptors (Lipinski definition) is 5. The Bertz CT molecular complexity index is 1720. The second kappa shape index (κ2) is 16.0. The number of hydrogen-bond donors (Lipinski definition) is 1. The maximum atomic E-state index is 14.5. The molecule has 0 aliphatic carbocycles. The summed E-state index contributed by atoms with van der Waals surface area (Å²) in [5.74, 6) is -0.447. The lowest BCUT2D eigenvalue weighted by Crippen LogP contribution is -2.54. The smallest absolute Gasteiger partial charge is 0.264 e. The first kappa shape index (κ1) is 34.8. The van der Waals surface area contributed by atoms with Crippen molar-refractivity contribution in [1.29, 1.82) is 0 Å². The molecule has 4 rings (SSSR count). The fourth-order valence-electron chi connectivity index (χ4n) is 4.89. The quantitative estimate of drug-likeness (QED) is 0.159. The van der Waals surface area contributed by atoms with Crippen LogP contribution in [0.2, 0.25) is 10.0 Å². The van der Waals surface area contributed by atoms with E-state index in [1.54, 1.807) is 60.7 Å². The van der Waals surface area contributed by atoms with Crippen LogP contribution in [-0.2, 0) is 32.6 Å². The Kier molecular flexibility index (Phi) is 12.1. The summed E-state index contributed by atoms with van der Waals surface area (Å²) in [5.41, 5.74) is 1.67. The highest BCUT2D eigenvalue weighted by Crippen LogP contribution is 2.28. The molecular weight excluding hydrogens is 645 g/mol. The SMILES string of the molecule is CCOc1ccc(S(=O)(=O)N(CC(=O)N(Cc2ccc(Cl)cc2Cl)[C@H](Cc2ccccc2)C(=O)NC(C)C)c2ccccc2)cc1. The summed E-state index contributed by atoms with van der Waals surface area (Å²) in [6.07, 6.45) is 0.188. The van der Waals surface area contributed by atoms with E-state index >= 15 is 0 Å². The Balaban J connectivity index is 1.79. The van der Waals surface area contributed by atoms with Gasteiger partial charge in [-0.15, -0.1) is 0 Å². The summed E-state index contributed by atoms with van der Waals surface area (Å²) in [6, 6.07) is 27.5. The summed E-state index contributed by atoms with van der Waals surface area (Å²) in [4.78, 5) is 29.7. The van der Waals surface area contributed by atoms with Crippen LogP contribution < -0.4 is 14.4 Å². The van der Waals surface area contributed by atoms with Crippen LogP contribution in [0.3, 0.4) is 0 Å². The van der Waals surface area contributed by atoms with Gasteiger partial charge in [0, 0.05) is 29.1 Å². The van der Waals surface area contributed by atoms with Gasteiger partial charge in [-0.2, -0.15) is 0 Å². The monoisotopic (exact) mass is 681 g/mol. The molecule has 8 nitrogen and oxygen atoms in total. The summed E-state index contributed by atoms with van der Waals surface area (Å²) in [6.45, 7) is 5.29. The maximum absolute atomic E-state index is 14.5. The fraction of sp³-hybridized carbons (Fsp3) is 0.257. The van der Waals surface area contributed by atoms with Crippen LogP contribution in [0, 0.1) is 0 Å². The maximum Gasteiger partial charge on any atom is 0.264 e. The molecule has 242 valence electrons. The minimum absolute atomic E-state index is 0.0155. The zero-order chi connectivity index (χ0) is 33.3. The molecule has 0 aromatic heterocycles. The van der Waals surface area contributed by atoms with E-state index in [9.17, 15) is 18.0 Å². The molecule has 0 radical (unpaired) electrons. The minimum atomic E-state index is -4.24. The van der Waals surface area contributed by atoms with E-state index in [2.05, 4.69) is 5.32 Å². The zero-order valence-electron chi connectivity index (χ0n) is 25.9. The molecule has 0 heterocycles. The lowest BCUT2D eigenvalue weighted by atomic mass is 10.0. The first-order chi connectivity index (χ1) is 22.0. The molecule has 11 heteroatoms. The Morgan fingerprint density at radius 3 is 2.09 bits per heavy atom. The van der Waals surface area contributed by atoms with Gasteiger partial charge < -0.3 is 15.0 Å². The van der Waals surface area contributed by atoms with Crippen LogP contribution in [0.25, 0.3) is 0 Å². The van der Waals surface area contributed by atoms with E-state index in [1.165, 1.54) is 17.0 Å². The number of sulfonamides is 1. The van der Waals surface area contributed by atoms with Gasteiger partial charge in [-0.05, 0) is 80.4 Å². The van der Waals surface area contributed by atoms with E-state index < -0.39 is 28.5 Å². The molecule has 0 saturated carbocycles. The van der Waals surface area contributed by atoms with Crippen molar-refractivity contribution in [2.24, 2.45) is 0 Å². The van der Waals surface area contributed by atoms with Gasteiger partial charge in [0.05, 0.1) is 17.2 Å². The summed E-state index contributed by atoms with van der Waals surface area (Å²) >= 11 is 12.7. The predicted molar refractivity (Wildman–Crippen MR) is 183 cm³/mol. The highest BCUT2D eigenvalue weighted by molar-refractivity contribution is 7.92. The first-order valence-electron chi connectivity index (χ1n) is 14.9. The summed E-state index contributed by atoms with van der Waals surface area (Å²) in [5, 5.41) is 3.67. The summed E-state index contributed by atoms with van der Waals surface area (Å²) in [7, 11) is -4.24. The number of halogens is 2. The van der Waals surface area contributed by atoms with Gasteiger partial charge in [0.25, 0.3) is 10.0 Å². The molecule has 1 N–H and O–H groups in total. The van der Waals surface area contributed by atoms with Crippen molar-refractivity contribution < 1.29 is 22.7 Å². The zero-order valence-corrected chi connectivity index (χ0v) is 28.2. The van der Waals surface area contributed by atoms with Crippen LogP contribution in [0.5, 0.6) is 5.75 Å². The molecule has 0 saturated heterocycles. The minimum Gasteiger partial charge on any atom is -0.494 e. The third kappa shape index (κ3) is 9.02. The molecule has 0 aliphatic heterocycles. The number of nitrogens with zero attached hydrogens (tertiary/aromatic N) is 2. The van der Waals surface area contributed by atoms with Crippen LogP contribution in [0.15, 0.2) is 108 Å². The molecular formula is C35H37Cl2N3O5S. The number of benzene rings is 4. The molecule has 46 heavy (non-hydrogen) atoms. The van der Waals surface area contributed by atoms with Crippen LogP contribution in [-0.4, -0.2) is 50.4 Å². The van der Waals surface area contributed by atoms with Gasteiger partial charge in [0.2, 0.25) is 11.8 Å². The number of para-hydroxylation sites is 1. The van der Waals surface area contributed by atoms with Crippen LogP contribution in [0.1, 0.15) is 31.9 Å². The summed E-state index contributed by atoms with van der Waals surface area (Å²) < 4.78 is 34.8. The van der Waals surface area contributed by atoms with Crippen LogP contribution in [0.4, 0.5) is 5.69 Å². The Labute approximate surface area is 280 Å². The number of nitrogens with one attached hydrogen (secondary N) is 1. The predicted octanol–water partition coefficient (Wildman–Crippen LogP) is 6.75. The number of carbonyl (C=O) groups is 2. The van der Waals surface area contributed by atoms with Gasteiger partial charge in [0.15, 0.2) is 0 Å². The van der Waals surface area contributed by atoms with E-state index in [1.807, 2.05) is 51.1 Å². The average Bonchev–Trinajstić information content (AvgIpc) is 3.03. The fourth-order valence-corrected chi connectivity index (χ4v) is 6.78. The van der Waals surface area contributed by atoms with Gasteiger partial charge >= 0.3 is 0 Å². The lowest BCUT2D eigenvalue weighted by molar-refractivity contribution is -0.140. The second-order valence-corrected chi connectivity index (χ2v) is 13.6. The van der Waals surface area contributed by atoms with Gasteiger partial charge in [-0.1, -0.05) is 77.8 Å². The van der Waals surface area contributed by atoms with Crippen molar-refractivity contribution in [2.45, 2.75) is 50.7 Å². The molecule has 0 aliphatic rings. The second-order valence-electron chi connectivity index (χ2n) is 10.9. The molecule has 2 amide bonds. The number of rotatable bonds is 14. The average molecular weight is 683 g/mol. The normalized spacial score (nSPS) is 12.0. The highest BCUT2D eigenvalue weighted by Gasteiger charge is 2.35. The third-order valence-corrected chi connectivity index (χ3v) is 9.48. The van der Waals surface area contributed by atoms with Gasteiger partial charge in [-0.3, -0.25) is 13.9 Å². The van der Waals surface area contributed by atoms with Crippen molar-refractivity contribution in [3.05, 3.63) is 124 Å². The van der Waals surface area contributed by atoms with E-state index in [-0.39, 0.29) is 29.8 Å². The van der Waals surface area contributed by atoms with Crippen molar-refractivity contribution in [3.8, 4) is 5.75 Å². The molecule has 4 aromatic carbocycles. The Morgan fingerprint density at radius 2 is 1.50 bits per heavy atom. The first-order valence-corrected chi connectivity index (χ1v) is 17.1. The molecule has 0 unspecified atom stereocenters. The van der Waals surface area contributed by atoms with E-state index in [4.69, 9.17) is 27.9 Å². The number of carbonyl (C=O) groups excluding carboxylic acids is 2.